The summed E-state index contributed by atoms with van der Waals surface area (Å²) in [5, 5.41) is 26.1. The summed E-state index contributed by atoms with van der Waals surface area (Å²) >= 11 is 1.34. The van der Waals surface area contributed by atoms with Gasteiger partial charge >= 0.3 is 0 Å². The number of nitriles is 2. The molecule has 0 bridgehead atoms. The van der Waals surface area contributed by atoms with Gasteiger partial charge in [0.05, 0.1) is 23.5 Å². The van der Waals surface area contributed by atoms with Gasteiger partial charge in [0.15, 0.2) is 5.16 Å². The molecule has 0 amide bonds. The van der Waals surface area contributed by atoms with Gasteiger partial charge in [-0.05, 0) is 31.2 Å². The second-order valence-electron chi connectivity index (χ2n) is 3.47. The largest absolute Gasteiger partial charge is 0.274 e. The minimum atomic E-state index is 0.328. The monoisotopic (exact) mass is 255 g/mol. The Morgan fingerprint density at radius 1 is 1.22 bits per heavy atom. The summed E-state index contributed by atoms with van der Waals surface area (Å²) in [5.74, 6) is 1.08. The van der Waals surface area contributed by atoms with Crippen LogP contribution < -0.4 is 0 Å². The van der Waals surface area contributed by atoms with E-state index in [0.29, 0.717) is 16.5 Å². The molecule has 2 rings (SSSR count). The van der Waals surface area contributed by atoms with E-state index in [2.05, 4.69) is 22.3 Å². The number of hydrogen-bond donors (Lipinski definition) is 0. The third-order valence-electron chi connectivity index (χ3n) is 2.32. The molecule has 0 saturated heterocycles. The summed E-state index contributed by atoms with van der Waals surface area (Å²) in [6.45, 7) is 1.85. The SMILES string of the molecule is Cc1nnc(SCC#N)n1-c1ccc(C#N)cc1. The third-order valence-corrected chi connectivity index (χ3v) is 3.11. The molecule has 1 heterocycles. The van der Waals surface area contributed by atoms with Crippen LogP contribution in [0.5, 0.6) is 0 Å². The van der Waals surface area contributed by atoms with E-state index < -0.39 is 0 Å². The molecule has 88 valence electrons. The molecule has 5 nitrogen and oxygen atoms in total. The van der Waals surface area contributed by atoms with E-state index in [9.17, 15) is 0 Å². The fourth-order valence-corrected chi connectivity index (χ4v) is 2.17. The van der Waals surface area contributed by atoms with Crippen molar-refractivity contribution in [3.8, 4) is 17.8 Å². The summed E-state index contributed by atoms with van der Waals surface area (Å²) in [5.41, 5.74) is 1.49. The van der Waals surface area contributed by atoms with Crippen LogP contribution in [0.4, 0.5) is 0 Å². The minimum Gasteiger partial charge on any atom is -0.274 e. The third kappa shape index (κ3) is 2.34. The molecule has 0 spiro atoms. The van der Waals surface area contributed by atoms with Crippen molar-refractivity contribution in [2.75, 3.05) is 5.75 Å². The first kappa shape index (κ1) is 12.2. The zero-order valence-corrected chi connectivity index (χ0v) is 10.5. The first-order valence-electron chi connectivity index (χ1n) is 5.18. The second-order valence-corrected chi connectivity index (χ2v) is 4.41. The van der Waals surface area contributed by atoms with Crippen molar-refractivity contribution >= 4 is 11.8 Å². The van der Waals surface area contributed by atoms with Crippen molar-refractivity contribution in [3.05, 3.63) is 35.7 Å². The van der Waals surface area contributed by atoms with E-state index >= 15 is 0 Å². The van der Waals surface area contributed by atoms with Crippen molar-refractivity contribution in [1.29, 1.82) is 10.5 Å². The Kier molecular flexibility index (Phi) is 3.61. The molecule has 0 fully saturated rings. The first-order valence-corrected chi connectivity index (χ1v) is 6.17. The molecule has 0 aliphatic heterocycles. The van der Waals surface area contributed by atoms with Gasteiger partial charge in [-0.25, -0.2) is 0 Å². The Hall–Kier alpha value is -2.31. The number of aryl methyl sites for hydroxylation is 1. The van der Waals surface area contributed by atoms with Crippen LogP contribution in [0.1, 0.15) is 11.4 Å². The van der Waals surface area contributed by atoms with Gasteiger partial charge in [-0.1, -0.05) is 11.8 Å². The average molecular weight is 255 g/mol. The molecule has 1 aromatic heterocycles. The van der Waals surface area contributed by atoms with Gasteiger partial charge < -0.3 is 0 Å². The zero-order valence-electron chi connectivity index (χ0n) is 9.66. The lowest BCUT2D eigenvalue weighted by atomic mass is 10.2. The number of thioether (sulfide) groups is 1. The second kappa shape index (κ2) is 5.35. The van der Waals surface area contributed by atoms with E-state index in [1.165, 1.54) is 11.8 Å². The Morgan fingerprint density at radius 3 is 2.56 bits per heavy atom. The van der Waals surface area contributed by atoms with E-state index in [4.69, 9.17) is 10.5 Å². The predicted octanol–water partition coefficient (Wildman–Crippen LogP) is 2.06. The standard InChI is InChI=1S/C12H9N5S/c1-9-15-16-12(18-7-6-13)17(9)11-4-2-10(8-14)3-5-11/h2-5H,7H2,1H3. The highest BCUT2D eigenvalue weighted by molar-refractivity contribution is 7.99. The van der Waals surface area contributed by atoms with Gasteiger partial charge in [-0.3, -0.25) is 4.57 Å². The molecule has 0 N–H and O–H groups in total. The van der Waals surface area contributed by atoms with E-state index in [-0.39, 0.29) is 0 Å². The fourth-order valence-electron chi connectivity index (χ4n) is 1.52. The Morgan fingerprint density at radius 2 is 1.94 bits per heavy atom. The van der Waals surface area contributed by atoms with E-state index in [1.807, 2.05) is 23.6 Å². The zero-order chi connectivity index (χ0) is 13.0. The summed E-state index contributed by atoms with van der Waals surface area (Å²) in [7, 11) is 0. The highest BCUT2D eigenvalue weighted by atomic mass is 32.2. The van der Waals surface area contributed by atoms with Gasteiger partial charge in [0, 0.05) is 5.69 Å². The molecule has 0 atom stereocenters. The number of aromatic nitrogens is 3. The highest BCUT2D eigenvalue weighted by Gasteiger charge is 2.10. The Bertz CT molecular complexity index is 630. The maximum absolute atomic E-state index is 8.76. The molecule has 6 heteroatoms. The van der Waals surface area contributed by atoms with Crippen LogP contribution in [0.2, 0.25) is 0 Å². The quantitative estimate of drug-likeness (QED) is 0.784. The minimum absolute atomic E-state index is 0.328. The first-order chi connectivity index (χ1) is 8.76. The van der Waals surface area contributed by atoms with Crippen LogP contribution in [-0.2, 0) is 0 Å². The summed E-state index contributed by atoms with van der Waals surface area (Å²) in [6.07, 6.45) is 0. The average Bonchev–Trinajstić information content (AvgIpc) is 2.77. The summed E-state index contributed by atoms with van der Waals surface area (Å²) < 4.78 is 1.86. The lowest BCUT2D eigenvalue weighted by Gasteiger charge is -2.06. The van der Waals surface area contributed by atoms with Crippen molar-refractivity contribution in [2.45, 2.75) is 12.1 Å². The lowest BCUT2D eigenvalue weighted by Crippen LogP contribution is -1.99. The molecule has 1 aromatic carbocycles. The predicted molar refractivity (Wildman–Crippen MR) is 67.1 cm³/mol. The van der Waals surface area contributed by atoms with Crippen LogP contribution >= 0.6 is 11.8 Å². The van der Waals surface area contributed by atoms with E-state index in [1.54, 1.807) is 12.1 Å². The van der Waals surface area contributed by atoms with Crippen molar-refractivity contribution in [2.24, 2.45) is 0 Å². The van der Waals surface area contributed by atoms with Crippen LogP contribution in [0.15, 0.2) is 29.4 Å². The molecule has 18 heavy (non-hydrogen) atoms. The number of rotatable bonds is 3. The van der Waals surface area contributed by atoms with Gasteiger partial charge in [0.1, 0.15) is 5.82 Å². The molecule has 0 radical (unpaired) electrons. The van der Waals surface area contributed by atoms with Crippen molar-refractivity contribution in [3.63, 3.8) is 0 Å². The number of nitrogens with zero attached hydrogens (tertiary/aromatic N) is 5. The lowest BCUT2D eigenvalue weighted by molar-refractivity contribution is 0.869. The number of benzene rings is 1. The van der Waals surface area contributed by atoms with Gasteiger partial charge in [-0.15, -0.1) is 10.2 Å². The number of hydrogen-bond acceptors (Lipinski definition) is 5. The van der Waals surface area contributed by atoms with Crippen LogP contribution in [0, 0.1) is 29.6 Å². The van der Waals surface area contributed by atoms with E-state index in [0.717, 1.165) is 11.5 Å². The molecular weight excluding hydrogens is 246 g/mol. The highest BCUT2D eigenvalue weighted by Crippen LogP contribution is 2.21. The van der Waals surface area contributed by atoms with Crippen molar-refractivity contribution < 1.29 is 0 Å². The fraction of sp³-hybridized carbons (Fsp3) is 0.167. The summed E-state index contributed by atoms with van der Waals surface area (Å²) in [4.78, 5) is 0. The van der Waals surface area contributed by atoms with Gasteiger partial charge in [-0.2, -0.15) is 10.5 Å². The van der Waals surface area contributed by atoms with Crippen LogP contribution in [-0.4, -0.2) is 20.5 Å². The smallest absolute Gasteiger partial charge is 0.196 e. The van der Waals surface area contributed by atoms with Crippen LogP contribution in [0.25, 0.3) is 5.69 Å². The molecule has 0 aliphatic rings. The molecule has 0 aliphatic carbocycles. The molecule has 0 unspecified atom stereocenters. The van der Waals surface area contributed by atoms with Gasteiger partial charge in [0.2, 0.25) is 0 Å². The Balaban J connectivity index is 2.40. The maximum atomic E-state index is 8.76. The summed E-state index contributed by atoms with van der Waals surface area (Å²) in [6, 6.07) is 11.3. The normalized spacial score (nSPS) is 9.72. The van der Waals surface area contributed by atoms with Crippen LogP contribution in [0.3, 0.4) is 0 Å². The Labute approximate surface area is 109 Å². The molecular formula is C12H9N5S. The molecule has 2 aromatic rings. The maximum Gasteiger partial charge on any atom is 0.196 e. The van der Waals surface area contributed by atoms with Gasteiger partial charge in [0.25, 0.3) is 0 Å². The topological polar surface area (TPSA) is 78.3 Å². The van der Waals surface area contributed by atoms with Crippen molar-refractivity contribution in [1.82, 2.24) is 14.8 Å². The molecule has 0 saturated carbocycles.